The first-order chi connectivity index (χ1) is 12.8. The fraction of sp³-hybridized carbons (Fsp3) is 0.895. The summed E-state index contributed by atoms with van der Waals surface area (Å²) in [5.74, 6) is -3.99. The molecular formula is C19H34F4N2O3. The maximum Gasteiger partial charge on any atom is 0.374 e. The van der Waals surface area contributed by atoms with Gasteiger partial charge in [-0.2, -0.15) is 17.6 Å². The fourth-order valence-electron chi connectivity index (χ4n) is 3.01. The number of carbonyl (C=O) groups excluding carboxylic acids is 2. The van der Waals surface area contributed by atoms with Gasteiger partial charge in [-0.15, -0.1) is 0 Å². The molecule has 0 aliphatic carbocycles. The second kappa shape index (κ2) is 10.4. The Bertz CT molecular complexity index is 523. The van der Waals surface area contributed by atoms with Crippen molar-refractivity contribution in [3.63, 3.8) is 0 Å². The van der Waals surface area contributed by atoms with Crippen LogP contribution in [0.3, 0.4) is 0 Å². The van der Waals surface area contributed by atoms with Crippen molar-refractivity contribution in [2.75, 3.05) is 26.2 Å². The summed E-state index contributed by atoms with van der Waals surface area (Å²) in [6.07, 6.45) is -9.70. The van der Waals surface area contributed by atoms with Gasteiger partial charge in [0.15, 0.2) is 0 Å². The van der Waals surface area contributed by atoms with E-state index >= 15 is 0 Å². The van der Waals surface area contributed by atoms with Crippen LogP contribution in [0.25, 0.3) is 0 Å². The van der Waals surface area contributed by atoms with E-state index in [0.717, 1.165) is 16.7 Å². The Balaban J connectivity index is 5.88. The van der Waals surface area contributed by atoms with Crippen LogP contribution in [0.4, 0.5) is 17.6 Å². The Hall–Kier alpha value is -1.38. The van der Waals surface area contributed by atoms with Crippen molar-refractivity contribution in [2.45, 2.75) is 73.5 Å². The zero-order valence-corrected chi connectivity index (χ0v) is 18.0. The first-order valence-electron chi connectivity index (χ1n) is 9.87. The van der Waals surface area contributed by atoms with Crippen LogP contribution in [0.1, 0.15) is 61.3 Å². The zero-order valence-electron chi connectivity index (χ0n) is 18.0. The summed E-state index contributed by atoms with van der Waals surface area (Å²) in [6.45, 7) is 10.6. The minimum absolute atomic E-state index is 0.162. The SMILES string of the molecule is CCC(C(=O)N(CC)CC)C(F)(F)OC(F)(F)C(C)(CC)C(=O)N(CC)CC. The smallest absolute Gasteiger partial charge is 0.343 e. The number of nitrogens with zero attached hydrogens (tertiary/aromatic N) is 2. The van der Waals surface area contributed by atoms with Gasteiger partial charge in [-0.05, 0) is 47.5 Å². The third-order valence-electron chi connectivity index (χ3n) is 5.32. The number of ether oxygens (including phenoxy) is 1. The maximum absolute atomic E-state index is 14.9. The Morgan fingerprint density at radius 3 is 1.61 bits per heavy atom. The highest BCUT2D eigenvalue weighted by atomic mass is 19.3. The molecule has 0 radical (unpaired) electrons. The molecule has 2 amide bonds. The number of carbonyl (C=O) groups is 2. The molecule has 0 aliphatic rings. The molecule has 0 aromatic rings. The summed E-state index contributed by atoms with van der Waals surface area (Å²) >= 11 is 0. The Morgan fingerprint density at radius 2 is 1.29 bits per heavy atom. The predicted octanol–water partition coefficient (Wildman–Crippen LogP) is 4.37. The predicted molar refractivity (Wildman–Crippen MR) is 99.0 cm³/mol. The number of hydrogen-bond acceptors (Lipinski definition) is 3. The summed E-state index contributed by atoms with van der Waals surface area (Å²) in [6, 6.07) is 0. The van der Waals surface area contributed by atoms with Crippen LogP contribution in [0, 0.1) is 11.3 Å². The van der Waals surface area contributed by atoms with Crippen LogP contribution in [0.5, 0.6) is 0 Å². The summed E-state index contributed by atoms with van der Waals surface area (Å²) < 4.78 is 63.2. The Kier molecular flexibility index (Phi) is 9.90. The molecule has 2 atom stereocenters. The minimum atomic E-state index is -4.47. The summed E-state index contributed by atoms with van der Waals surface area (Å²) in [4.78, 5) is 27.3. The molecule has 0 fully saturated rings. The molecule has 0 aromatic carbocycles. The first-order valence-corrected chi connectivity index (χ1v) is 9.87. The van der Waals surface area contributed by atoms with Gasteiger partial charge in [0.2, 0.25) is 11.8 Å². The number of rotatable bonds is 12. The normalized spacial score (nSPS) is 15.7. The average molecular weight is 414 g/mol. The molecule has 2 unspecified atom stereocenters. The lowest BCUT2D eigenvalue weighted by molar-refractivity contribution is -0.414. The lowest BCUT2D eigenvalue weighted by Gasteiger charge is -2.40. The maximum atomic E-state index is 14.9. The Labute approximate surface area is 165 Å². The minimum Gasteiger partial charge on any atom is -0.343 e. The highest BCUT2D eigenvalue weighted by molar-refractivity contribution is 5.83. The van der Waals surface area contributed by atoms with Crippen LogP contribution in [0.2, 0.25) is 0 Å². The number of alkyl halides is 4. The summed E-state index contributed by atoms with van der Waals surface area (Å²) in [7, 11) is 0. The van der Waals surface area contributed by atoms with Gasteiger partial charge in [0.1, 0.15) is 11.3 Å². The van der Waals surface area contributed by atoms with E-state index < -0.39 is 41.8 Å². The van der Waals surface area contributed by atoms with Gasteiger partial charge < -0.3 is 9.80 Å². The molecule has 0 saturated heterocycles. The monoisotopic (exact) mass is 414 g/mol. The van der Waals surface area contributed by atoms with Gasteiger partial charge in [0.05, 0.1) is 0 Å². The molecule has 166 valence electrons. The van der Waals surface area contributed by atoms with E-state index in [1.54, 1.807) is 27.7 Å². The quantitative estimate of drug-likeness (QED) is 0.446. The number of amides is 2. The zero-order chi connectivity index (χ0) is 22.3. The van der Waals surface area contributed by atoms with Gasteiger partial charge in [-0.1, -0.05) is 13.8 Å². The Morgan fingerprint density at radius 1 is 0.857 bits per heavy atom. The summed E-state index contributed by atoms with van der Waals surface area (Å²) in [5.41, 5.74) is -2.49. The van der Waals surface area contributed by atoms with Crippen molar-refractivity contribution < 1.29 is 31.9 Å². The van der Waals surface area contributed by atoms with E-state index in [-0.39, 0.29) is 32.6 Å². The highest BCUT2D eigenvalue weighted by Gasteiger charge is 2.63. The van der Waals surface area contributed by atoms with Gasteiger partial charge in [-0.3, -0.25) is 14.3 Å². The molecule has 0 aliphatic heterocycles. The van der Waals surface area contributed by atoms with E-state index in [0.29, 0.717) is 0 Å². The molecule has 28 heavy (non-hydrogen) atoms. The molecule has 0 spiro atoms. The fourth-order valence-corrected chi connectivity index (χ4v) is 3.01. The van der Waals surface area contributed by atoms with Crippen molar-refractivity contribution in [1.82, 2.24) is 9.80 Å². The number of hydrogen-bond donors (Lipinski definition) is 0. The van der Waals surface area contributed by atoms with Crippen LogP contribution in [-0.4, -0.2) is 60.0 Å². The van der Waals surface area contributed by atoms with Crippen LogP contribution >= 0.6 is 0 Å². The third kappa shape index (κ3) is 5.36. The van der Waals surface area contributed by atoms with Crippen LogP contribution in [0.15, 0.2) is 0 Å². The lowest BCUT2D eigenvalue weighted by atomic mass is 9.84. The van der Waals surface area contributed by atoms with E-state index in [9.17, 15) is 27.2 Å². The van der Waals surface area contributed by atoms with E-state index in [2.05, 4.69) is 4.74 Å². The molecule has 9 heteroatoms. The van der Waals surface area contributed by atoms with E-state index in [1.807, 2.05) is 0 Å². The number of halogens is 4. The standard InChI is InChI=1S/C19H34F4N2O3/c1-8-14(15(26)24(10-3)11-4)18(20,21)28-19(22,23)17(7,9-2)16(27)25(12-5)13-6/h14H,8-13H2,1-7H3. The highest BCUT2D eigenvalue weighted by Crippen LogP contribution is 2.47. The van der Waals surface area contributed by atoms with Crippen molar-refractivity contribution in [1.29, 1.82) is 0 Å². The molecule has 0 bridgehead atoms. The van der Waals surface area contributed by atoms with Crippen molar-refractivity contribution in [3.05, 3.63) is 0 Å². The molecule has 0 saturated carbocycles. The second-order valence-corrected chi connectivity index (χ2v) is 6.82. The molecular weight excluding hydrogens is 380 g/mol. The van der Waals surface area contributed by atoms with Gasteiger partial charge in [0, 0.05) is 26.2 Å². The van der Waals surface area contributed by atoms with Gasteiger partial charge in [-0.25, -0.2) is 0 Å². The molecule has 0 heterocycles. The average Bonchev–Trinajstić information content (AvgIpc) is 2.62. The van der Waals surface area contributed by atoms with Crippen molar-refractivity contribution in [3.8, 4) is 0 Å². The molecule has 5 nitrogen and oxygen atoms in total. The summed E-state index contributed by atoms with van der Waals surface area (Å²) in [5, 5.41) is 0. The molecule has 0 aromatic heterocycles. The van der Waals surface area contributed by atoms with Crippen LogP contribution in [-0.2, 0) is 14.3 Å². The van der Waals surface area contributed by atoms with Crippen molar-refractivity contribution >= 4 is 11.8 Å². The van der Waals surface area contributed by atoms with Gasteiger partial charge >= 0.3 is 12.2 Å². The molecule has 0 N–H and O–H groups in total. The second-order valence-electron chi connectivity index (χ2n) is 6.82. The largest absolute Gasteiger partial charge is 0.374 e. The van der Waals surface area contributed by atoms with Gasteiger partial charge in [0.25, 0.3) is 0 Å². The first kappa shape index (κ1) is 26.6. The van der Waals surface area contributed by atoms with E-state index in [4.69, 9.17) is 0 Å². The van der Waals surface area contributed by atoms with E-state index in [1.165, 1.54) is 13.8 Å². The van der Waals surface area contributed by atoms with Crippen molar-refractivity contribution in [2.24, 2.45) is 11.3 Å². The topological polar surface area (TPSA) is 49.9 Å². The lowest BCUT2D eigenvalue weighted by Crippen LogP contribution is -2.57. The third-order valence-corrected chi connectivity index (χ3v) is 5.32. The van der Waals surface area contributed by atoms with Crippen LogP contribution < -0.4 is 0 Å². The molecule has 0 rings (SSSR count).